The number of fused-ring (bicyclic) bond motifs is 3. The Bertz CT molecular complexity index is 2050. The van der Waals surface area contributed by atoms with Crippen molar-refractivity contribution in [2.24, 2.45) is 4.36 Å². The van der Waals surface area contributed by atoms with Gasteiger partial charge in [0.2, 0.25) is 5.88 Å². The van der Waals surface area contributed by atoms with E-state index < -0.39 is 27.0 Å². The fourth-order valence-electron chi connectivity index (χ4n) is 7.66. The van der Waals surface area contributed by atoms with Crippen molar-refractivity contribution in [1.29, 1.82) is 0 Å². The molecule has 2 amide bonds. The molecule has 4 aromatic carbocycles. The molecule has 1 unspecified atom stereocenters. The molecule has 5 aromatic rings. The maximum atomic E-state index is 15.9. The molecule has 2 heterocycles. The summed E-state index contributed by atoms with van der Waals surface area (Å²) in [7, 11) is -3.80. The van der Waals surface area contributed by atoms with Crippen LogP contribution in [0.25, 0.3) is 0 Å². The van der Waals surface area contributed by atoms with Crippen LogP contribution in [-0.2, 0) is 40.3 Å². The SMILES string of the molecule is C[C@@H]1Cc2cc3c(c(NC(=O)NS(=O)(=NC(c4ccccc4)(c4ccccc4)c4ccccc4)c4cnn5c4OCC5(C)C)c21)CCC3. The van der Waals surface area contributed by atoms with Crippen LogP contribution in [-0.4, -0.2) is 26.6 Å². The molecule has 0 saturated carbocycles. The van der Waals surface area contributed by atoms with Crippen LogP contribution in [0, 0.1) is 0 Å². The van der Waals surface area contributed by atoms with Crippen LogP contribution in [0.5, 0.6) is 5.88 Å². The fourth-order valence-corrected chi connectivity index (χ4v) is 9.49. The Labute approximate surface area is 281 Å². The zero-order chi connectivity index (χ0) is 33.1. The van der Waals surface area contributed by atoms with Crippen molar-refractivity contribution in [2.45, 2.75) is 68.3 Å². The molecule has 0 spiro atoms. The van der Waals surface area contributed by atoms with Gasteiger partial charge in [0.25, 0.3) is 0 Å². The molecule has 0 saturated heterocycles. The lowest BCUT2D eigenvalue weighted by atomic mass is 9.75. The number of hydrogen-bond acceptors (Lipinski definition) is 5. The minimum atomic E-state index is -3.80. The number of amides is 2. The minimum Gasteiger partial charge on any atom is -0.474 e. The van der Waals surface area contributed by atoms with Crippen LogP contribution >= 0.6 is 0 Å². The Balaban J connectivity index is 1.35. The summed E-state index contributed by atoms with van der Waals surface area (Å²) in [5, 5.41) is 7.81. The van der Waals surface area contributed by atoms with Gasteiger partial charge in [0.1, 0.15) is 17.0 Å². The molecule has 9 heteroatoms. The highest BCUT2D eigenvalue weighted by Crippen LogP contribution is 2.47. The second-order valence-electron chi connectivity index (χ2n) is 13.7. The topological polar surface area (TPSA) is 97.6 Å². The van der Waals surface area contributed by atoms with Crippen molar-refractivity contribution in [1.82, 2.24) is 14.5 Å². The Kier molecular flexibility index (Phi) is 7.21. The number of aryl methyl sites for hydroxylation is 1. The molecular weight excluding hydrogens is 619 g/mol. The molecule has 2 aliphatic carbocycles. The third-order valence-electron chi connectivity index (χ3n) is 9.98. The van der Waals surface area contributed by atoms with Gasteiger partial charge in [-0.15, -0.1) is 0 Å². The molecule has 1 aromatic heterocycles. The van der Waals surface area contributed by atoms with Gasteiger partial charge in [-0.25, -0.2) is 18.4 Å². The van der Waals surface area contributed by atoms with Crippen molar-refractivity contribution in [2.75, 3.05) is 11.9 Å². The Morgan fingerprint density at radius 3 is 2.12 bits per heavy atom. The van der Waals surface area contributed by atoms with Gasteiger partial charge in [-0.05, 0) is 84.4 Å². The standard InChI is InChI=1S/C39H39N5O3S/c1-26-22-28-23-27-14-13-21-32(27)35(34(26)28)41-37(45)42-48(46,33-24-40-44-36(33)47-25-38(44,2)3)43-39(29-15-7-4-8-16-29,30-17-9-5-10-18-30)31-19-11-6-12-20-31/h4-12,15-20,23-24,26H,13-14,21-22,25H2,1-3H3,(H2,41,42,43,45,46)/t26-,48?/m1/s1. The quantitative estimate of drug-likeness (QED) is 0.175. The van der Waals surface area contributed by atoms with E-state index in [0.29, 0.717) is 18.4 Å². The summed E-state index contributed by atoms with van der Waals surface area (Å²) in [6.07, 6.45) is 5.49. The number of urea groups is 1. The summed E-state index contributed by atoms with van der Waals surface area (Å²) < 4.78 is 32.1. The van der Waals surface area contributed by atoms with E-state index in [1.165, 1.54) is 28.5 Å². The van der Waals surface area contributed by atoms with Crippen LogP contribution in [0.1, 0.15) is 72.1 Å². The molecular formula is C39H39N5O3S. The van der Waals surface area contributed by atoms with Gasteiger partial charge in [-0.1, -0.05) is 104 Å². The van der Waals surface area contributed by atoms with Crippen molar-refractivity contribution in [3.8, 4) is 5.88 Å². The number of nitrogens with one attached hydrogen (secondary N) is 2. The maximum Gasteiger partial charge on any atom is 0.331 e. The molecule has 8 rings (SSSR count). The molecule has 2 N–H and O–H groups in total. The highest BCUT2D eigenvalue weighted by atomic mass is 32.2. The summed E-state index contributed by atoms with van der Waals surface area (Å²) in [6.45, 7) is 6.56. The summed E-state index contributed by atoms with van der Waals surface area (Å²) in [4.78, 5) is 14.5. The van der Waals surface area contributed by atoms with Gasteiger partial charge < -0.3 is 10.1 Å². The Morgan fingerprint density at radius 2 is 1.54 bits per heavy atom. The van der Waals surface area contributed by atoms with E-state index in [-0.39, 0.29) is 4.90 Å². The van der Waals surface area contributed by atoms with Crippen molar-refractivity contribution in [3.05, 3.63) is 142 Å². The zero-order valence-corrected chi connectivity index (χ0v) is 28.2. The average Bonchev–Trinajstić information content (AvgIpc) is 3.82. The summed E-state index contributed by atoms with van der Waals surface area (Å²) in [5.41, 5.74) is 6.47. The molecule has 1 aliphatic heterocycles. The molecule has 2 atom stereocenters. The third kappa shape index (κ3) is 4.82. The molecule has 0 bridgehead atoms. The first-order valence-corrected chi connectivity index (χ1v) is 18.1. The molecule has 3 aliphatic rings. The lowest BCUT2D eigenvalue weighted by Crippen LogP contribution is -2.38. The number of rotatable bonds is 7. The summed E-state index contributed by atoms with van der Waals surface area (Å²) in [5.74, 6) is 0.683. The number of carbonyl (C=O) groups is 1. The van der Waals surface area contributed by atoms with Gasteiger partial charge in [-0.2, -0.15) is 9.46 Å². The first-order chi connectivity index (χ1) is 23.2. The lowest BCUT2D eigenvalue weighted by Gasteiger charge is -2.33. The minimum absolute atomic E-state index is 0.232. The maximum absolute atomic E-state index is 15.9. The number of ether oxygens (including phenoxy) is 1. The predicted octanol–water partition coefficient (Wildman–Crippen LogP) is 7.71. The molecule has 0 radical (unpaired) electrons. The number of aromatic nitrogens is 2. The molecule has 244 valence electrons. The van der Waals surface area contributed by atoms with Crippen LogP contribution in [0.3, 0.4) is 0 Å². The number of nitrogens with zero attached hydrogens (tertiary/aromatic N) is 3. The number of benzene rings is 4. The summed E-state index contributed by atoms with van der Waals surface area (Å²) in [6, 6.07) is 31.2. The second-order valence-corrected chi connectivity index (χ2v) is 15.6. The highest BCUT2D eigenvalue weighted by molar-refractivity contribution is 7.92. The van der Waals surface area contributed by atoms with Crippen LogP contribution in [0.2, 0.25) is 0 Å². The highest BCUT2D eigenvalue weighted by Gasteiger charge is 2.43. The Hall–Kier alpha value is -4.89. The van der Waals surface area contributed by atoms with Gasteiger partial charge in [0.05, 0.1) is 11.7 Å². The largest absolute Gasteiger partial charge is 0.474 e. The first kappa shape index (κ1) is 30.4. The van der Waals surface area contributed by atoms with E-state index in [1.807, 2.05) is 105 Å². The third-order valence-corrected chi connectivity index (χ3v) is 11.9. The van der Waals surface area contributed by atoms with Crippen molar-refractivity contribution in [3.63, 3.8) is 0 Å². The van der Waals surface area contributed by atoms with E-state index in [0.717, 1.165) is 48.1 Å². The molecule has 0 fully saturated rings. The fraction of sp³-hybridized carbons (Fsp3) is 0.282. The monoisotopic (exact) mass is 657 g/mol. The van der Waals surface area contributed by atoms with Gasteiger partial charge >= 0.3 is 6.03 Å². The zero-order valence-electron chi connectivity index (χ0n) is 27.4. The van der Waals surface area contributed by atoms with E-state index >= 15 is 4.21 Å². The Morgan fingerprint density at radius 1 is 0.938 bits per heavy atom. The van der Waals surface area contributed by atoms with Crippen LogP contribution < -0.4 is 14.8 Å². The van der Waals surface area contributed by atoms with Gasteiger partial charge in [0.15, 0.2) is 9.92 Å². The average molecular weight is 658 g/mol. The normalized spacial score (nSPS) is 18.4. The van der Waals surface area contributed by atoms with E-state index in [9.17, 15) is 4.79 Å². The number of carbonyl (C=O) groups excluding carboxylic acids is 1. The number of hydrogen-bond donors (Lipinski definition) is 2. The van der Waals surface area contributed by atoms with E-state index in [1.54, 1.807) is 4.68 Å². The summed E-state index contributed by atoms with van der Waals surface area (Å²) >= 11 is 0. The number of anilines is 1. The molecule has 48 heavy (non-hydrogen) atoms. The van der Waals surface area contributed by atoms with Crippen LogP contribution in [0.4, 0.5) is 10.5 Å². The predicted molar refractivity (Wildman–Crippen MR) is 188 cm³/mol. The van der Waals surface area contributed by atoms with E-state index in [4.69, 9.17) is 9.10 Å². The smallest absolute Gasteiger partial charge is 0.331 e. The second kappa shape index (κ2) is 11.4. The lowest BCUT2D eigenvalue weighted by molar-refractivity contribution is 0.256. The van der Waals surface area contributed by atoms with Gasteiger partial charge in [-0.3, -0.25) is 0 Å². The molecule has 8 nitrogen and oxygen atoms in total. The first-order valence-electron chi connectivity index (χ1n) is 16.6. The van der Waals surface area contributed by atoms with Crippen LogP contribution in [0.15, 0.2) is 113 Å². The van der Waals surface area contributed by atoms with Crippen molar-refractivity contribution >= 4 is 21.6 Å². The van der Waals surface area contributed by atoms with Gasteiger partial charge in [0, 0.05) is 5.69 Å². The van der Waals surface area contributed by atoms with Crippen molar-refractivity contribution < 1.29 is 13.7 Å². The van der Waals surface area contributed by atoms with E-state index in [2.05, 4.69) is 28.1 Å².